The summed E-state index contributed by atoms with van der Waals surface area (Å²) in [7, 11) is 0. The molecular weight excluding hydrogens is 190 g/mol. The van der Waals surface area contributed by atoms with Crippen molar-refractivity contribution in [3.05, 3.63) is 0 Å². The maximum atomic E-state index is 3.73. The van der Waals surface area contributed by atoms with Gasteiger partial charge in [0, 0.05) is 17.8 Å². The van der Waals surface area contributed by atoms with Crippen molar-refractivity contribution < 1.29 is 0 Å². The molecule has 0 heterocycles. The van der Waals surface area contributed by atoms with Gasteiger partial charge < -0.3 is 5.32 Å². The monoisotopic (exact) mass is 217 g/mol. The maximum absolute atomic E-state index is 3.73. The molecule has 1 unspecified atom stereocenters. The molecule has 0 aromatic rings. The second kappa shape index (κ2) is 9.85. The number of hydrogen-bond acceptors (Lipinski definition) is 2. The third-order valence-electron chi connectivity index (χ3n) is 2.37. The molecule has 0 saturated heterocycles. The van der Waals surface area contributed by atoms with E-state index in [4.69, 9.17) is 0 Å². The molecule has 0 amide bonds. The highest BCUT2D eigenvalue weighted by molar-refractivity contribution is 7.99. The molecule has 2 heteroatoms. The van der Waals surface area contributed by atoms with E-state index in [1.807, 2.05) is 11.8 Å². The van der Waals surface area contributed by atoms with Crippen molar-refractivity contribution in [3.63, 3.8) is 0 Å². The summed E-state index contributed by atoms with van der Waals surface area (Å²) < 4.78 is 0. The fraction of sp³-hybridized carbons (Fsp3) is 1.00. The minimum absolute atomic E-state index is 0.669. The van der Waals surface area contributed by atoms with E-state index < -0.39 is 0 Å². The van der Waals surface area contributed by atoms with Gasteiger partial charge in [0.05, 0.1) is 0 Å². The fourth-order valence-electron chi connectivity index (χ4n) is 1.75. The van der Waals surface area contributed by atoms with Crippen molar-refractivity contribution in [3.8, 4) is 0 Å². The fourth-order valence-corrected chi connectivity index (χ4v) is 2.44. The Hall–Kier alpha value is 0.310. The number of rotatable bonds is 9. The molecule has 0 aromatic heterocycles. The quantitative estimate of drug-likeness (QED) is 0.632. The van der Waals surface area contributed by atoms with E-state index in [9.17, 15) is 0 Å². The molecule has 0 aliphatic rings. The molecule has 0 bridgehead atoms. The van der Waals surface area contributed by atoms with E-state index in [1.165, 1.54) is 37.2 Å². The average molecular weight is 217 g/mol. The van der Waals surface area contributed by atoms with Gasteiger partial charge in [-0.25, -0.2) is 0 Å². The van der Waals surface area contributed by atoms with E-state index in [2.05, 4.69) is 33.0 Å². The van der Waals surface area contributed by atoms with Crippen LogP contribution in [-0.2, 0) is 0 Å². The van der Waals surface area contributed by atoms with E-state index >= 15 is 0 Å². The average Bonchev–Trinajstić information content (AvgIpc) is 2.15. The molecule has 0 aromatic carbocycles. The van der Waals surface area contributed by atoms with Crippen LogP contribution in [0.3, 0.4) is 0 Å². The third kappa shape index (κ3) is 7.69. The van der Waals surface area contributed by atoms with Gasteiger partial charge >= 0.3 is 0 Å². The summed E-state index contributed by atoms with van der Waals surface area (Å²) in [4.78, 5) is 0. The Morgan fingerprint density at radius 1 is 1.07 bits per heavy atom. The van der Waals surface area contributed by atoms with Crippen LogP contribution < -0.4 is 5.32 Å². The molecule has 0 spiro atoms. The first-order valence-electron chi connectivity index (χ1n) is 6.08. The standard InChI is InChI=1S/C12H27NS/c1-5-8-12(9-6-2)13-11(4)10-14-7-3/h11-13H,5-10H2,1-4H3. The van der Waals surface area contributed by atoms with E-state index in [1.54, 1.807) is 0 Å². The molecule has 0 aliphatic heterocycles. The lowest BCUT2D eigenvalue weighted by atomic mass is 10.1. The second-order valence-corrected chi connectivity index (χ2v) is 5.32. The van der Waals surface area contributed by atoms with Crippen LogP contribution in [0, 0.1) is 0 Å². The Bertz CT molecular complexity index is 111. The lowest BCUT2D eigenvalue weighted by Crippen LogP contribution is -2.37. The largest absolute Gasteiger partial charge is 0.311 e. The Kier molecular flexibility index (Phi) is 10.1. The van der Waals surface area contributed by atoms with E-state index in [-0.39, 0.29) is 0 Å². The zero-order valence-electron chi connectivity index (χ0n) is 10.3. The van der Waals surface area contributed by atoms with Crippen LogP contribution in [0.25, 0.3) is 0 Å². The van der Waals surface area contributed by atoms with Gasteiger partial charge in [0.25, 0.3) is 0 Å². The van der Waals surface area contributed by atoms with Gasteiger partial charge in [0.1, 0.15) is 0 Å². The number of thioether (sulfide) groups is 1. The van der Waals surface area contributed by atoms with Crippen molar-refractivity contribution in [1.82, 2.24) is 5.32 Å². The van der Waals surface area contributed by atoms with Gasteiger partial charge in [-0.15, -0.1) is 0 Å². The molecule has 0 radical (unpaired) electrons. The molecule has 0 saturated carbocycles. The number of hydrogen-bond donors (Lipinski definition) is 1. The van der Waals surface area contributed by atoms with Crippen molar-refractivity contribution in [2.24, 2.45) is 0 Å². The maximum Gasteiger partial charge on any atom is 0.0132 e. The summed E-state index contributed by atoms with van der Waals surface area (Å²) >= 11 is 2.03. The summed E-state index contributed by atoms with van der Waals surface area (Å²) in [5.41, 5.74) is 0. The summed E-state index contributed by atoms with van der Waals surface area (Å²) in [6, 6.07) is 1.42. The van der Waals surface area contributed by atoms with Gasteiger partial charge in [0.2, 0.25) is 0 Å². The Balaban J connectivity index is 3.64. The highest BCUT2D eigenvalue weighted by atomic mass is 32.2. The van der Waals surface area contributed by atoms with E-state index in [0.29, 0.717) is 6.04 Å². The molecule has 1 atom stereocenters. The first-order chi connectivity index (χ1) is 6.74. The lowest BCUT2D eigenvalue weighted by Gasteiger charge is -2.22. The molecule has 1 nitrogen and oxygen atoms in total. The summed E-state index contributed by atoms with van der Waals surface area (Å²) in [5.74, 6) is 2.48. The van der Waals surface area contributed by atoms with Gasteiger partial charge in [-0.1, -0.05) is 33.6 Å². The van der Waals surface area contributed by atoms with Crippen LogP contribution in [0.1, 0.15) is 53.4 Å². The van der Waals surface area contributed by atoms with Crippen molar-refractivity contribution >= 4 is 11.8 Å². The highest BCUT2D eigenvalue weighted by Crippen LogP contribution is 2.08. The second-order valence-electron chi connectivity index (χ2n) is 4.00. The smallest absolute Gasteiger partial charge is 0.0132 e. The van der Waals surface area contributed by atoms with Gasteiger partial charge in [-0.05, 0) is 25.5 Å². The Labute approximate surface area is 94.4 Å². The molecule has 86 valence electrons. The molecule has 0 aliphatic carbocycles. The third-order valence-corrected chi connectivity index (χ3v) is 3.51. The topological polar surface area (TPSA) is 12.0 Å². The zero-order chi connectivity index (χ0) is 10.8. The van der Waals surface area contributed by atoms with Crippen LogP contribution in [0.2, 0.25) is 0 Å². The van der Waals surface area contributed by atoms with E-state index in [0.717, 1.165) is 6.04 Å². The first-order valence-corrected chi connectivity index (χ1v) is 7.23. The first kappa shape index (κ1) is 14.3. The highest BCUT2D eigenvalue weighted by Gasteiger charge is 2.09. The van der Waals surface area contributed by atoms with Gasteiger partial charge in [-0.3, -0.25) is 0 Å². The molecule has 0 rings (SSSR count). The van der Waals surface area contributed by atoms with Crippen molar-refractivity contribution in [2.75, 3.05) is 11.5 Å². The minimum atomic E-state index is 0.669. The van der Waals surface area contributed by atoms with Crippen LogP contribution in [0.4, 0.5) is 0 Å². The van der Waals surface area contributed by atoms with Crippen molar-refractivity contribution in [2.45, 2.75) is 65.5 Å². The summed E-state index contributed by atoms with van der Waals surface area (Å²) in [5, 5.41) is 3.73. The molecule has 0 fully saturated rings. The van der Waals surface area contributed by atoms with Crippen LogP contribution in [0.15, 0.2) is 0 Å². The summed E-state index contributed by atoms with van der Waals surface area (Å²) in [6.07, 6.45) is 5.25. The van der Waals surface area contributed by atoms with Gasteiger partial charge in [0.15, 0.2) is 0 Å². The lowest BCUT2D eigenvalue weighted by molar-refractivity contribution is 0.412. The number of nitrogens with one attached hydrogen (secondary N) is 1. The Morgan fingerprint density at radius 3 is 2.07 bits per heavy atom. The van der Waals surface area contributed by atoms with Crippen molar-refractivity contribution in [1.29, 1.82) is 0 Å². The zero-order valence-corrected chi connectivity index (χ0v) is 11.1. The predicted molar refractivity (Wildman–Crippen MR) is 69.2 cm³/mol. The van der Waals surface area contributed by atoms with Crippen LogP contribution in [-0.4, -0.2) is 23.6 Å². The Morgan fingerprint density at radius 2 is 1.64 bits per heavy atom. The SMILES string of the molecule is CCCC(CCC)NC(C)CSCC. The molecule has 1 N–H and O–H groups in total. The van der Waals surface area contributed by atoms with Gasteiger partial charge in [-0.2, -0.15) is 11.8 Å². The van der Waals surface area contributed by atoms with Crippen LogP contribution in [0.5, 0.6) is 0 Å². The normalized spacial score (nSPS) is 13.5. The minimum Gasteiger partial charge on any atom is -0.311 e. The predicted octanol–water partition coefficient (Wildman–Crippen LogP) is 3.69. The molecule has 14 heavy (non-hydrogen) atoms. The molecular formula is C12H27NS. The summed E-state index contributed by atoms with van der Waals surface area (Å²) in [6.45, 7) is 9.08. The van der Waals surface area contributed by atoms with Crippen LogP contribution >= 0.6 is 11.8 Å².